The molecule has 4 N–H and O–H groups in total. The highest BCUT2D eigenvalue weighted by Gasteiger charge is 2.24. The standard InChI is InChI=1S/C11H14N2O3/c12-8-1-2-13(6-8)11(16)7-3-9(14)5-10(15)4-7/h3-5,8,14-15H,1-2,6,12H2. The van der Waals surface area contributed by atoms with Gasteiger partial charge in [-0.2, -0.15) is 0 Å². The van der Waals surface area contributed by atoms with Crippen LogP contribution in [0.4, 0.5) is 0 Å². The van der Waals surface area contributed by atoms with Gasteiger partial charge >= 0.3 is 0 Å². The number of hydrogen-bond donors (Lipinski definition) is 3. The molecule has 1 aromatic carbocycles. The third-order valence-corrected chi connectivity index (χ3v) is 2.66. The van der Waals surface area contributed by atoms with Crippen LogP contribution in [0.15, 0.2) is 18.2 Å². The Morgan fingerprint density at radius 3 is 2.44 bits per heavy atom. The van der Waals surface area contributed by atoms with Crippen molar-refractivity contribution in [2.75, 3.05) is 13.1 Å². The molecule has 0 bridgehead atoms. The molecule has 1 unspecified atom stereocenters. The molecule has 5 heteroatoms. The largest absolute Gasteiger partial charge is 0.508 e. The van der Waals surface area contributed by atoms with Crippen molar-refractivity contribution in [2.45, 2.75) is 12.5 Å². The van der Waals surface area contributed by atoms with Crippen molar-refractivity contribution in [1.29, 1.82) is 0 Å². The summed E-state index contributed by atoms with van der Waals surface area (Å²) in [6.45, 7) is 1.14. The third-order valence-electron chi connectivity index (χ3n) is 2.66. The number of nitrogens with two attached hydrogens (primary N) is 1. The molecule has 0 aromatic heterocycles. The molecule has 1 aliphatic rings. The first-order chi connectivity index (χ1) is 7.56. The second-order valence-corrected chi connectivity index (χ2v) is 4.04. The summed E-state index contributed by atoms with van der Waals surface area (Å²) >= 11 is 0. The van der Waals surface area contributed by atoms with Crippen molar-refractivity contribution in [1.82, 2.24) is 4.90 Å². The number of carbonyl (C=O) groups excluding carboxylic acids is 1. The van der Waals surface area contributed by atoms with E-state index in [9.17, 15) is 15.0 Å². The highest BCUT2D eigenvalue weighted by molar-refractivity contribution is 5.95. The lowest BCUT2D eigenvalue weighted by molar-refractivity contribution is 0.0790. The summed E-state index contributed by atoms with van der Waals surface area (Å²) in [7, 11) is 0. The lowest BCUT2D eigenvalue weighted by Crippen LogP contribution is -2.31. The Labute approximate surface area is 93.1 Å². The predicted octanol–water partition coefficient (Wildman–Crippen LogP) is 0.271. The molecule has 16 heavy (non-hydrogen) atoms. The van der Waals surface area contributed by atoms with Gasteiger partial charge in [0.2, 0.25) is 0 Å². The summed E-state index contributed by atoms with van der Waals surface area (Å²) in [5.41, 5.74) is 5.99. The number of benzene rings is 1. The van der Waals surface area contributed by atoms with Crippen LogP contribution in [-0.4, -0.2) is 40.2 Å². The summed E-state index contributed by atoms with van der Waals surface area (Å²) in [6, 6.07) is 3.89. The third kappa shape index (κ3) is 2.09. The second-order valence-electron chi connectivity index (χ2n) is 4.04. The predicted molar refractivity (Wildman–Crippen MR) is 58.3 cm³/mol. The van der Waals surface area contributed by atoms with Gasteiger partial charge in [-0.25, -0.2) is 0 Å². The molecule has 0 radical (unpaired) electrons. The molecule has 1 fully saturated rings. The molecular formula is C11H14N2O3. The minimum Gasteiger partial charge on any atom is -0.508 e. The van der Waals surface area contributed by atoms with Crippen molar-refractivity contribution in [2.24, 2.45) is 5.73 Å². The van der Waals surface area contributed by atoms with E-state index < -0.39 is 0 Å². The van der Waals surface area contributed by atoms with E-state index in [1.807, 2.05) is 0 Å². The van der Waals surface area contributed by atoms with Gasteiger partial charge in [-0.15, -0.1) is 0 Å². The Hall–Kier alpha value is -1.75. The second kappa shape index (κ2) is 4.02. The van der Waals surface area contributed by atoms with Gasteiger partial charge in [0.15, 0.2) is 0 Å². The number of nitrogens with zero attached hydrogens (tertiary/aromatic N) is 1. The lowest BCUT2D eigenvalue weighted by atomic mass is 10.2. The molecule has 1 aromatic rings. The van der Waals surface area contributed by atoms with E-state index >= 15 is 0 Å². The fraction of sp³-hybridized carbons (Fsp3) is 0.364. The summed E-state index contributed by atoms with van der Waals surface area (Å²) in [6.07, 6.45) is 0.788. The van der Waals surface area contributed by atoms with Gasteiger partial charge in [-0.1, -0.05) is 0 Å². The first-order valence-electron chi connectivity index (χ1n) is 5.14. The average Bonchev–Trinajstić information content (AvgIpc) is 2.62. The molecule has 1 heterocycles. The monoisotopic (exact) mass is 222 g/mol. The Bertz CT molecular complexity index is 399. The molecule has 5 nitrogen and oxygen atoms in total. The summed E-state index contributed by atoms with van der Waals surface area (Å²) in [5, 5.41) is 18.6. The van der Waals surface area contributed by atoms with Gasteiger partial charge in [0, 0.05) is 30.8 Å². The maximum atomic E-state index is 11.9. The number of hydrogen-bond acceptors (Lipinski definition) is 4. The minimum absolute atomic E-state index is 0.0230. The minimum atomic E-state index is -0.209. The van der Waals surface area contributed by atoms with Crippen LogP contribution in [-0.2, 0) is 0 Å². The van der Waals surface area contributed by atoms with E-state index in [0.29, 0.717) is 13.1 Å². The van der Waals surface area contributed by atoms with E-state index in [0.717, 1.165) is 6.42 Å². The Morgan fingerprint density at radius 2 is 1.94 bits per heavy atom. The van der Waals surface area contributed by atoms with Crippen LogP contribution in [0.3, 0.4) is 0 Å². The van der Waals surface area contributed by atoms with Gasteiger partial charge in [0.1, 0.15) is 11.5 Å². The zero-order valence-corrected chi connectivity index (χ0v) is 8.76. The highest BCUT2D eigenvalue weighted by atomic mass is 16.3. The number of rotatable bonds is 1. The SMILES string of the molecule is NC1CCN(C(=O)c2cc(O)cc(O)c2)C1. The Morgan fingerprint density at radius 1 is 1.31 bits per heavy atom. The van der Waals surface area contributed by atoms with Gasteiger partial charge in [0.25, 0.3) is 5.91 Å². The zero-order chi connectivity index (χ0) is 11.7. The van der Waals surface area contributed by atoms with Crippen molar-refractivity contribution in [3.8, 4) is 11.5 Å². The van der Waals surface area contributed by atoms with Crippen LogP contribution in [0, 0.1) is 0 Å². The average molecular weight is 222 g/mol. The van der Waals surface area contributed by atoms with Crippen molar-refractivity contribution in [3.63, 3.8) is 0 Å². The quantitative estimate of drug-likeness (QED) is 0.636. The Balaban J connectivity index is 2.20. The number of phenolic OH excluding ortho intramolecular Hbond substituents is 2. The van der Waals surface area contributed by atoms with Gasteiger partial charge in [-0.05, 0) is 18.6 Å². The molecular weight excluding hydrogens is 208 g/mol. The maximum Gasteiger partial charge on any atom is 0.254 e. The zero-order valence-electron chi connectivity index (χ0n) is 8.76. The lowest BCUT2D eigenvalue weighted by Gasteiger charge is -2.15. The maximum absolute atomic E-state index is 11.9. The van der Waals surface area contributed by atoms with Crippen molar-refractivity contribution < 1.29 is 15.0 Å². The van der Waals surface area contributed by atoms with Gasteiger partial charge < -0.3 is 20.8 Å². The molecule has 1 aliphatic heterocycles. The number of phenols is 2. The molecule has 86 valence electrons. The molecule has 0 spiro atoms. The molecule has 1 saturated heterocycles. The van der Waals surface area contributed by atoms with E-state index in [2.05, 4.69) is 0 Å². The van der Waals surface area contributed by atoms with Crippen molar-refractivity contribution in [3.05, 3.63) is 23.8 Å². The molecule has 0 saturated carbocycles. The molecule has 1 atom stereocenters. The molecule has 2 rings (SSSR count). The first-order valence-corrected chi connectivity index (χ1v) is 5.14. The fourth-order valence-electron chi connectivity index (χ4n) is 1.87. The number of likely N-dealkylation sites (tertiary alicyclic amines) is 1. The summed E-state index contributed by atoms with van der Waals surface area (Å²) < 4.78 is 0. The Kier molecular flexibility index (Phi) is 2.70. The van der Waals surface area contributed by atoms with Gasteiger partial charge in [-0.3, -0.25) is 4.79 Å². The van der Waals surface area contributed by atoms with E-state index in [1.54, 1.807) is 4.90 Å². The van der Waals surface area contributed by atoms with E-state index in [1.165, 1.54) is 18.2 Å². The molecule has 1 amide bonds. The summed E-state index contributed by atoms with van der Waals surface area (Å²) in [4.78, 5) is 13.6. The fourth-order valence-corrected chi connectivity index (χ4v) is 1.87. The van der Waals surface area contributed by atoms with Crippen LogP contribution in [0.2, 0.25) is 0 Å². The molecule has 0 aliphatic carbocycles. The topological polar surface area (TPSA) is 86.8 Å². The van der Waals surface area contributed by atoms with Gasteiger partial charge in [0.05, 0.1) is 0 Å². The number of amides is 1. The van der Waals surface area contributed by atoms with Crippen molar-refractivity contribution >= 4 is 5.91 Å². The first kappa shape index (κ1) is 10.8. The smallest absolute Gasteiger partial charge is 0.254 e. The number of carbonyl (C=O) groups is 1. The van der Waals surface area contributed by atoms with Crippen LogP contribution in [0.5, 0.6) is 11.5 Å². The van der Waals surface area contributed by atoms with Crippen LogP contribution < -0.4 is 5.73 Å². The van der Waals surface area contributed by atoms with Crippen LogP contribution in [0.25, 0.3) is 0 Å². The van der Waals surface area contributed by atoms with Crippen LogP contribution in [0.1, 0.15) is 16.8 Å². The summed E-state index contributed by atoms with van der Waals surface area (Å²) in [5.74, 6) is -0.446. The van der Waals surface area contributed by atoms with E-state index in [4.69, 9.17) is 5.73 Å². The van der Waals surface area contributed by atoms with E-state index in [-0.39, 0.29) is 29.0 Å². The number of aromatic hydroxyl groups is 2. The van der Waals surface area contributed by atoms with Crippen LogP contribution >= 0.6 is 0 Å². The highest BCUT2D eigenvalue weighted by Crippen LogP contribution is 2.22. The normalized spacial score (nSPS) is 20.1.